The van der Waals surface area contributed by atoms with Gasteiger partial charge in [0.1, 0.15) is 0 Å². The first-order valence-corrected chi connectivity index (χ1v) is 4.77. The van der Waals surface area contributed by atoms with Crippen LogP contribution in [0.2, 0.25) is 5.02 Å². The van der Waals surface area contributed by atoms with E-state index < -0.39 is 6.09 Å². The molecular weight excluding hydrogens is 202 g/mol. The molecule has 0 atom stereocenters. The molecule has 0 saturated carbocycles. The second kappa shape index (κ2) is 5.50. The van der Waals surface area contributed by atoms with Gasteiger partial charge in [-0.15, -0.1) is 0 Å². The molecule has 1 rings (SSSR count). The van der Waals surface area contributed by atoms with Crippen molar-refractivity contribution in [1.82, 2.24) is 5.32 Å². The van der Waals surface area contributed by atoms with Crippen LogP contribution >= 0.6 is 11.6 Å². The fraction of sp³-hybridized carbons (Fsp3) is 0.300. The van der Waals surface area contributed by atoms with E-state index in [0.717, 1.165) is 17.9 Å². The van der Waals surface area contributed by atoms with Crippen molar-refractivity contribution < 1.29 is 9.90 Å². The van der Waals surface area contributed by atoms with Gasteiger partial charge in [-0.05, 0) is 30.5 Å². The Morgan fingerprint density at radius 1 is 1.36 bits per heavy atom. The SMILES string of the molecule is O=C(O)NCCCc1ccc(Cl)cc1. The van der Waals surface area contributed by atoms with Gasteiger partial charge in [-0.1, -0.05) is 23.7 Å². The Kier molecular flexibility index (Phi) is 4.26. The van der Waals surface area contributed by atoms with Crippen molar-refractivity contribution in [2.75, 3.05) is 6.54 Å². The van der Waals surface area contributed by atoms with Gasteiger partial charge in [0.15, 0.2) is 0 Å². The number of carboxylic acid groups (broad SMARTS) is 1. The van der Waals surface area contributed by atoms with Crippen molar-refractivity contribution in [3.05, 3.63) is 34.9 Å². The fourth-order valence-corrected chi connectivity index (χ4v) is 1.26. The second-order valence-corrected chi connectivity index (χ2v) is 3.40. The molecular formula is C10H12ClNO2. The van der Waals surface area contributed by atoms with E-state index in [2.05, 4.69) is 5.32 Å². The highest BCUT2D eigenvalue weighted by atomic mass is 35.5. The van der Waals surface area contributed by atoms with E-state index in [1.54, 1.807) is 0 Å². The third-order valence-electron chi connectivity index (χ3n) is 1.83. The molecule has 14 heavy (non-hydrogen) atoms. The molecule has 0 aliphatic carbocycles. The molecule has 1 aromatic rings. The maximum Gasteiger partial charge on any atom is 0.404 e. The summed E-state index contributed by atoms with van der Waals surface area (Å²) in [6, 6.07) is 7.56. The van der Waals surface area contributed by atoms with Crippen LogP contribution in [0.4, 0.5) is 4.79 Å². The lowest BCUT2D eigenvalue weighted by Gasteiger charge is -2.01. The summed E-state index contributed by atoms with van der Waals surface area (Å²) in [6.07, 6.45) is 0.687. The Morgan fingerprint density at radius 3 is 2.57 bits per heavy atom. The lowest BCUT2D eigenvalue weighted by atomic mass is 10.1. The van der Waals surface area contributed by atoms with Gasteiger partial charge < -0.3 is 10.4 Å². The predicted octanol–water partition coefficient (Wildman–Crippen LogP) is 2.54. The van der Waals surface area contributed by atoms with Crippen molar-refractivity contribution in [1.29, 1.82) is 0 Å². The molecule has 1 amide bonds. The number of aryl methyl sites for hydroxylation is 1. The summed E-state index contributed by atoms with van der Waals surface area (Å²) < 4.78 is 0. The van der Waals surface area contributed by atoms with Crippen molar-refractivity contribution in [2.24, 2.45) is 0 Å². The average Bonchev–Trinajstić information content (AvgIpc) is 2.15. The van der Waals surface area contributed by atoms with E-state index in [1.807, 2.05) is 24.3 Å². The van der Waals surface area contributed by atoms with Crippen LogP contribution in [0.25, 0.3) is 0 Å². The maximum absolute atomic E-state index is 10.1. The summed E-state index contributed by atoms with van der Waals surface area (Å²) >= 11 is 5.72. The molecule has 0 aromatic heterocycles. The van der Waals surface area contributed by atoms with E-state index >= 15 is 0 Å². The quantitative estimate of drug-likeness (QED) is 0.756. The van der Waals surface area contributed by atoms with E-state index in [9.17, 15) is 4.79 Å². The Morgan fingerprint density at radius 2 is 2.00 bits per heavy atom. The zero-order chi connectivity index (χ0) is 10.4. The molecule has 1 aromatic carbocycles. The van der Waals surface area contributed by atoms with E-state index in [4.69, 9.17) is 16.7 Å². The normalized spacial score (nSPS) is 9.79. The first kappa shape index (κ1) is 10.9. The van der Waals surface area contributed by atoms with Crippen molar-refractivity contribution >= 4 is 17.7 Å². The van der Waals surface area contributed by atoms with Gasteiger partial charge >= 0.3 is 6.09 Å². The van der Waals surface area contributed by atoms with Crippen molar-refractivity contribution in [3.8, 4) is 0 Å². The third-order valence-corrected chi connectivity index (χ3v) is 2.08. The zero-order valence-electron chi connectivity index (χ0n) is 7.66. The molecule has 0 radical (unpaired) electrons. The monoisotopic (exact) mass is 213 g/mol. The lowest BCUT2D eigenvalue weighted by molar-refractivity contribution is 0.194. The van der Waals surface area contributed by atoms with Crippen LogP contribution in [0.15, 0.2) is 24.3 Å². The van der Waals surface area contributed by atoms with Gasteiger partial charge in [-0.3, -0.25) is 0 Å². The second-order valence-electron chi connectivity index (χ2n) is 2.96. The predicted molar refractivity (Wildman–Crippen MR) is 55.8 cm³/mol. The molecule has 0 aliphatic heterocycles. The van der Waals surface area contributed by atoms with E-state index in [0.29, 0.717) is 6.54 Å². The van der Waals surface area contributed by atoms with Crippen LogP contribution in [-0.4, -0.2) is 17.7 Å². The van der Waals surface area contributed by atoms with Gasteiger partial charge in [-0.2, -0.15) is 0 Å². The Hall–Kier alpha value is -1.22. The summed E-state index contributed by atoms with van der Waals surface area (Å²) in [5.41, 5.74) is 1.17. The summed E-state index contributed by atoms with van der Waals surface area (Å²) in [5, 5.41) is 11.4. The first-order valence-electron chi connectivity index (χ1n) is 4.40. The molecule has 0 fully saturated rings. The topological polar surface area (TPSA) is 49.3 Å². The number of halogens is 1. The van der Waals surface area contributed by atoms with Gasteiger partial charge in [0.05, 0.1) is 0 Å². The van der Waals surface area contributed by atoms with Crippen LogP contribution in [0.3, 0.4) is 0 Å². The summed E-state index contributed by atoms with van der Waals surface area (Å²) in [7, 11) is 0. The molecule has 0 bridgehead atoms. The van der Waals surface area contributed by atoms with Gasteiger partial charge in [0.25, 0.3) is 0 Å². The lowest BCUT2D eigenvalue weighted by Crippen LogP contribution is -2.22. The molecule has 3 nitrogen and oxygen atoms in total. The number of rotatable bonds is 4. The molecule has 0 saturated heterocycles. The fourth-order valence-electron chi connectivity index (χ4n) is 1.14. The maximum atomic E-state index is 10.1. The standard InChI is InChI=1S/C10H12ClNO2/c11-9-5-3-8(4-6-9)2-1-7-12-10(13)14/h3-6,12H,1-2,7H2,(H,13,14). The highest BCUT2D eigenvalue weighted by molar-refractivity contribution is 6.30. The molecule has 0 aliphatic rings. The molecule has 0 spiro atoms. The summed E-state index contributed by atoms with van der Waals surface area (Å²) in [4.78, 5) is 10.1. The van der Waals surface area contributed by atoms with Crippen LogP contribution in [0.1, 0.15) is 12.0 Å². The minimum Gasteiger partial charge on any atom is -0.465 e. The average molecular weight is 214 g/mol. The Labute approximate surface area is 87.7 Å². The number of amides is 1. The minimum atomic E-state index is -0.971. The highest BCUT2D eigenvalue weighted by Gasteiger charge is 1.95. The van der Waals surface area contributed by atoms with Gasteiger partial charge in [0.2, 0.25) is 0 Å². The third kappa shape index (κ3) is 4.14. The number of nitrogens with one attached hydrogen (secondary N) is 1. The van der Waals surface area contributed by atoms with Crippen LogP contribution in [0.5, 0.6) is 0 Å². The van der Waals surface area contributed by atoms with Crippen molar-refractivity contribution in [3.63, 3.8) is 0 Å². The molecule has 4 heteroatoms. The largest absolute Gasteiger partial charge is 0.465 e. The van der Waals surface area contributed by atoms with E-state index in [-0.39, 0.29) is 0 Å². The molecule has 0 unspecified atom stereocenters. The van der Waals surface area contributed by atoms with Crippen molar-refractivity contribution in [2.45, 2.75) is 12.8 Å². The van der Waals surface area contributed by atoms with Gasteiger partial charge in [0, 0.05) is 11.6 Å². The molecule has 76 valence electrons. The summed E-state index contributed by atoms with van der Waals surface area (Å²) in [5.74, 6) is 0. The minimum absolute atomic E-state index is 0.484. The summed E-state index contributed by atoms with van der Waals surface area (Å²) in [6.45, 7) is 0.484. The van der Waals surface area contributed by atoms with Crippen LogP contribution in [-0.2, 0) is 6.42 Å². The zero-order valence-corrected chi connectivity index (χ0v) is 8.42. The number of carbonyl (C=O) groups is 1. The molecule has 2 N–H and O–H groups in total. The number of hydrogen-bond donors (Lipinski definition) is 2. The first-order chi connectivity index (χ1) is 6.68. The van der Waals surface area contributed by atoms with Crippen LogP contribution < -0.4 is 5.32 Å². The Balaban J connectivity index is 2.25. The Bertz CT molecular complexity index is 297. The number of hydrogen-bond acceptors (Lipinski definition) is 1. The molecule has 0 heterocycles. The highest BCUT2D eigenvalue weighted by Crippen LogP contribution is 2.10. The smallest absolute Gasteiger partial charge is 0.404 e. The number of benzene rings is 1. The van der Waals surface area contributed by atoms with Crippen LogP contribution in [0, 0.1) is 0 Å². The van der Waals surface area contributed by atoms with E-state index in [1.165, 1.54) is 5.56 Å². The van der Waals surface area contributed by atoms with Gasteiger partial charge in [-0.25, -0.2) is 4.79 Å².